The molecule has 0 saturated heterocycles. The number of carbonyl (C=O) groups excluding carboxylic acids is 1. The predicted molar refractivity (Wildman–Crippen MR) is 84.3 cm³/mol. The highest BCUT2D eigenvalue weighted by molar-refractivity contribution is 7.88. The van der Waals surface area contributed by atoms with Crippen LogP contribution in [-0.2, 0) is 14.8 Å². The number of hydrogen-bond acceptors (Lipinski definition) is 3. The maximum Gasteiger partial charge on any atom is 0.243 e. The average molecular weight is 312 g/mol. The molecule has 0 heterocycles. The molecule has 0 aliphatic heterocycles. The van der Waals surface area contributed by atoms with Crippen molar-refractivity contribution >= 4 is 15.9 Å². The van der Waals surface area contributed by atoms with Crippen molar-refractivity contribution in [1.29, 1.82) is 0 Å². The minimum Gasteiger partial charge on any atom is -0.352 e. The normalized spacial score (nSPS) is 14.7. The Morgan fingerprint density at radius 3 is 2.33 bits per heavy atom. The minimum atomic E-state index is -3.47. The Bertz CT molecular complexity index is 558. The largest absolute Gasteiger partial charge is 0.352 e. The Kier molecular flexibility index (Phi) is 6.36. The third-order valence-corrected chi connectivity index (χ3v) is 4.62. The number of rotatable bonds is 7. The number of benzene rings is 1. The van der Waals surface area contributed by atoms with Gasteiger partial charge >= 0.3 is 0 Å². The highest BCUT2D eigenvalue weighted by Gasteiger charge is 2.31. The van der Waals surface area contributed by atoms with Crippen LogP contribution in [0.25, 0.3) is 0 Å². The molecule has 0 bridgehead atoms. The lowest BCUT2D eigenvalue weighted by atomic mass is 10.1. The summed E-state index contributed by atoms with van der Waals surface area (Å²) in [6.45, 7) is 3.96. The molecule has 1 aromatic carbocycles. The molecular formula is C15H24N2O3S. The van der Waals surface area contributed by atoms with Gasteiger partial charge in [0, 0.05) is 13.1 Å². The first-order valence-corrected chi connectivity index (χ1v) is 8.90. The van der Waals surface area contributed by atoms with E-state index in [2.05, 4.69) is 5.32 Å². The van der Waals surface area contributed by atoms with Crippen LogP contribution < -0.4 is 5.32 Å². The van der Waals surface area contributed by atoms with Crippen molar-refractivity contribution in [2.75, 3.05) is 13.3 Å². The second-order valence-electron chi connectivity index (χ2n) is 5.29. The average Bonchev–Trinajstić information content (AvgIpc) is 2.39. The van der Waals surface area contributed by atoms with E-state index in [0.29, 0.717) is 5.56 Å². The van der Waals surface area contributed by atoms with Gasteiger partial charge in [-0.3, -0.25) is 4.79 Å². The molecule has 1 aromatic rings. The summed E-state index contributed by atoms with van der Waals surface area (Å²) in [6, 6.07) is 8.11. The van der Waals surface area contributed by atoms with Crippen molar-refractivity contribution in [3.8, 4) is 0 Å². The Hall–Kier alpha value is -1.40. The van der Waals surface area contributed by atoms with Crippen molar-refractivity contribution in [2.24, 2.45) is 0 Å². The highest BCUT2D eigenvalue weighted by Crippen LogP contribution is 2.22. The van der Waals surface area contributed by atoms with Gasteiger partial charge in [0.1, 0.15) is 6.04 Å². The van der Waals surface area contributed by atoms with Gasteiger partial charge in [-0.2, -0.15) is 4.31 Å². The smallest absolute Gasteiger partial charge is 0.243 e. The van der Waals surface area contributed by atoms with Gasteiger partial charge in [0.05, 0.1) is 6.26 Å². The summed E-state index contributed by atoms with van der Waals surface area (Å²) >= 11 is 0. The van der Waals surface area contributed by atoms with E-state index >= 15 is 0 Å². The Morgan fingerprint density at radius 2 is 1.86 bits per heavy atom. The molecule has 0 fully saturated rings. The minimum absolute atomic E-state index is 0.0154. The van der Waals surface area contributed by atoms with Crippen LogP contribution in [0.2, 0.25) is 0 Å². The fraction of sp³-hybridized carbons (Fsp3) is 0.533. The second kappa shape index (κ2) is 7.56. The molecule has 0 unspecified atom stereocenters. The van der Waals surface area contributed by atoms with E-state index in [1.165, 1.54) is 7.05 Å². The van der Waals surface area contributed by atoms with E-state index in [0.717, 1.165) is 23.4 Å². The molecule has 0 radical (unpaired) electrons. The van der Waals surface area contributed by atoms with Crippen molar-refractivity contribution in [2.45, 2.75) is 38.8 Å². The molecule has 6 heteroatoms. The van der Waals surface area contributed by atoms with E-state index in [1.54, 1.807) is 24.3 Å². The molecule has 0 spiro atoms. The van der Waals surface area contributed by atoms with Gasteiger partial charge < -0.3 is 5.32 Å². The number of carbonyl (C=O) groups is 1. The number of amides is 1. The van der Waals surface area contributed by atoms with E-state index in [-0.39, 0.29) is 11.9 Å². The zero-order valence-corrected chi connectivity index (χ0v) is 13.9. The summed E-state index contributed by atoms with van der Waals surface area (Å²) in [7, 11) is -2.04. The summed E-state index contributed by atoms with van der Waals surface area (Å²) in [5.41, 5.74) is 0.659. The maximum atomic E-state index is 12.5. The number of sulfonamides is 1. The first-order valence-electron chi connectivity index (χ1n) is 7.05. The number of nitrogens with zero attached hydrogens (tertiary/aromatic N) is 1. The van der Waals surface area contributed by atoms with Crippen LogP contribution >= 0.6 is 0 Å². The van der Waals surface area contributed by atoms with E-state index < -0.39 is 16.1 Å². The molecule has 0 aliphatic rings. The maximum absolute atomic E-state index is 12.5. The highest BCUT2D eigenvalue weighted by atomic mass is 32.2. The summed E-state index contributed by atoms with van der Waals surface area (Å²) in [5, 5.41) is 2.89. The Morgan fingerprint density at radius 1 is 1.29 bits per heavy atom. The van der Waals surface area contributed by atoms with Crippen LogP contribution in [0.1, 0.15) is 38.3 Å². The van der Waals surface area contributed by atoms with Crippen LogP contribution in [-0.4, -0.2) is 38.0 Å². The van der Waals surface area contributed by atoms with Gasteiger partial charge in [-0.05, 0) is 18.9 Å². The SMILES string of the molecule is CCC[C@H](C)NC(=O)[C@H](c1ccccc1)N(C)S(C)(=O)=O. The molecular weight excluding hydrogens is 288 g/mol. The Labute approximate surface area is 127 Å². The van der Waals surface area contributed by atoms with Gasteiger partial charge in [0.25, 0.3) is 0 Å². The summed E-state index contributed by atoms with van der Waals surface area (Å²) in [5.74, 6) is -0.296. The van der Waals surface area contributed by atoms with Gasteiger partial charge in [0.15, 0.2) is 0 Å². The van der Waals surface area contributed by atoms with Gasteiger partial charge in [-0.1, -0.05) is 43.7 Å². The van der Waals surface area contributed by atoms with Gasteiger partial charge in [-0.15, -0.1) is 0 Å². The Balaban J connectivity index is 3.06. The molecule has 5 nitrogen and oxygen atoms in total. The second-order valence-corrected chi connectivity index (χ2v) is 7.33. The van der Waals surface area contributed by atoms with Crippen LogP contribution in [0.4, 0.5) is 0 Å². The lowest BCUT2D eigenvalue weighted by Crippen LogP contribution is -2.44. The summed E-state index contributed by atoms with van der Waals surface area (Å²) in [6.07, 6.45) is 2.92. The quantitative estimate of drug-likeness (QED) is 0.836. The molecule has 0 saturated carbocycles. The van der Waals surface area contributed by atoms with Crippen molar-refractivity contribution in [3.05, 3.63) is 35.9 Å². The third kappa shape index (κ3) is 5.13. The van der Waals surface area contributed by atoms with E-state index in [9.17, 15) is 13.2 Å². The third-order valence-electron chi connectivity index (χ3n) is 3.36. The molecule has 0 aliphatic carbocycles. The van der Waals surface area contributed by atoms with Crippen LogP contribution in [0.5, 0.6) is 0 Å². The topological polar surface area (TPSA) is 66.5 Å². The molecule has 1 N–H and O–H groups in total. The zero-order chi connectivity index (χ0) is 16.0. The van der Waals surface area contributed by atoms with Crippen molar-refractivity contribution in [1.82, 2.24) is 9.62 Å². The standard InChI is InChI=1S/C15H24N2O3S/c1-5-9-12(2)16-15(18)14(17(3)21(4,19)20)13-10-7-6-8-11-13/h6-8,10-12,14H,5,9H2,1-4H3,(H,16,18)/t12-,14-/m0/s1. The summed E-state index contributed by atoms with van der Waals surface area (Å²) < 4.78 is 24.7. The lowest BCUT2D eigenvalue weighted by molar-refractivity contribution is -0.125. The van der Waals surface area contributed by atoms with E-state index in [1.807, 2.05) is 19.9 Å². The summed E-state index contributed by atoms with van der Waals surface area (Å²) in [4.78, 5) is 12.5. The fourth-order valence-corrected chi connectivity index (χ4v) is 2.78. The van der Waals surface area contributed by atoms with Crippen LogP contribution in [0, 0.1) is 0 Å². The van der Waals surface area contributed by atoms with E-state index in [4.69, 9.17) is 0 Å². The monoisotopic (exact) mass is 312 g/mol. The fourth-order valence-electron chi connectivity index (χ4n) is 2.18. The van der Waals surface area contributed by atoms with Gasteiger partial charge in [-0.25, -0.2) is 8.42 Å². The predicted octanol–water partition coefficient (Wildman–Crippen LogP) is 1.92. The molecule has 0 aromatic heterocycles. The molecule has 1 rings (SSSR count). The first kappa shape index (κ1) is 17.7. The lowest BCUT2D eigenvalue weighted by Gasteiger charge is -2.27. The van der Waals surface area contributed by atoms with Crippen molar-refractivity contribution in [3.63, 3.8) is 0 Å². The van der Waals surface area contributed by atoms with Gasteiger partial charge in [0.2, 0.25) is 15.9 Å². The molecule has 2 atom stereocenters. The van der Waals surface area contributed by atoms with Crippen LogP contribution in [0.15, 0.2) is 30.3 Å². The van der Waals surface area contributed by atoms with Crippen molar-refractivity contribution < 1.29 is 13.2 Å². The number of hydrogen-bond donors (Lipinski definition) is 1. The molecule has 1 amide bonds. The zero-order valence-electron chi connectivity index (χ0n) is 13.0. The molecule has 118 valence electrons. The molecule has 21 heavy (non-hydrogen) atoms. The number of nitrogens with one attached hydrogen (secondary N) is 1. The number of likely N-dealkylation sites (N-methyl/N-ethyl adjacent to an activating group) is 1. The van der Waals surface area contributed by atoms with Crippen LogP contribution in [0.3, 0.4) is 0 Å². The first-order chi connectivity index (χ1) is 9.77.